The van der Waals surface area contributed by atoms with Crippen molar-refractivity contribution >= 4 is 11.3 Å². The highest BCUT2D eigenvalue weighted by Gasteiger charge is 2.27. The van der Waals surface area contributed by atoms with Crippen molar-refractivity contribution in [1.82, 2.24) is 4.98 Å². The Hall–Kier alpha value is -0.410. The van der Waals surface area contributed by atoms with Crippen molar-refractivity contribution in [3.05, 3.63) is 16.1 Å². The third-order valence-corrected chi connectivity index (χ3v) is 2.86. The number of nitrogens with zero attached hydrogens (tertiary/aromatic N) is 1. The summed E-state index contributed by atoms with van der Waals surface area (Å²) in [7, 11) is 0. The fourth-order valence-corrected chi connectivity index (χ4v) is 1.81. The maximum atomic E-state index is 5.13. The summed E-state index contributed by atoms with van der Waals surface area (Å²) in [4.78, 5) is 4.47. The minimum atomic E-state index is 0.318. The van der Waals surface area contributed by atoms with Gasteiger partial charge in [-0.15, -0.1) is 11.3 Å². The Labute approximate surface area is 70.2 Å². The van der Waals surface area contributed by atoms with E-state index in [0.29, 0.717) is 12.0 Å². The van der Waals surface area contributed by atoms with Gasteiger partial charge in [0.2, 0.25) is 0 Å². The molecule has 0 bridgehead atoms. The molecule has 1 aromatic heterocycles. The molecule has 1 fully saturated rings. The van der Waals surface area contributed by atoms with Gasteiger partial charge in [0.05, 0.1) is 17.3 Å². The maximum absolute atomic E-state index is 5.13. The molecule has 11 heavy (non-hydrogen) atoms. The van der Waals surface area contributed by atoms with Crippen LogP contribution in [-0.2, 0) is 4.74 Å². The number of hydrogen-bond acceptors (Lipinski definition) is 3. The predicted molar refractivity (Wildman–Crippen MR) is 44.9 cm³/mol. The summed E-state index contributed by atoms with van der Waals surface area (Å²) < 4.78 is 5.13. The molecular weight excluding hydrogens is 158 g/mol. The average molecular weight is 169 g/mol. The van der Waals surface area contributed by atoms with Crippen molar-refractivity contribution in [2.75, 3.05) is 6.61 Å². The summed E-state index contributed by atoms with van der Waals surface area (Å²) in [5, 5.41) is 3.32. The molecule has 1 atom stereocenters. The lowest BCUT2D eigenvalue weighted by Crippen LogP contribution is -1.86. The Morgan fingerprint density at radius 3 is 2.91 bits per heavy atom. The largest absolute Gasteiger partial charge is 0.366 e. The van der Waals surface area contributed by atoms with Crippen molar-refractivity contribution < 1.29 is 4.74 Å². The van der Waals surface area contributed by atoms with Crippen LogP contribution >= 0.6 is 11.3 Å². The number of rotatable bonds is 2. The van der Waals surface area contributed by atoms with Crippen LogP contribution in [0.5, 0.6) is 0 Å². The lowest BCUT2D eigenvalue weighted by atomic mass is 10.2. The van der Waals surface area contributed by atoms with E-state index in [4.69, 9.17) is 4.74 Å². The van der Waals surface area contributed by atoms with E-state index < -0.39 is 0 Å². The molecule has 2 rings (SSSR count). The van der Waals surface area contributed by atoms with E-state index in [9.17, 15) is 0 Å². The van der Waals surface area contributed by atoms with Gasteiger partial charge in [0.15, 0.2) is 0 Å². The van der Waals surface area contributed by atoms with Crippen molar-refractivity contribution in [3.63, 3.8) is 0 Å². The van der Waals surface area contributed by atoms with E-state index in [1.54, 1.807) is 11.3 Å². The van der Waals surface area contributed by atoms with E-state index in [-0.39, 0.29) is 0 Å². The zero-order chi connectivity index (χ0) is 7.84. The summed E-state index contributed by atoms with van der Waals surface area (Å²) in [5.74, 6) is 0.549. The molecule has 1 aromatic rings. The van der Waals surface area contributed by atoms with Crippen LogP contribution in [0.4, 0.5) is 0 Å². The minimum absolute atomic E-state index is 0.318. The Balaban J connectivity index is 2.18. The predicted octanol–water partition coefficient (Wildman–Crippen LogP) is 2.34. The molecule has 2 nitrogen and oxygen atoms in total. The monoisotopic (exact) mass is 169 g/mol. The highest BCUT2D eigenvalue weighted by molar-refractivity contribution is 7.09. The van der Waals surface area contributed by atoms with Gasteiger partial charge in [-0.2, -0.15) is 0 Å². The Morgan fingerprint density at radius 2 is 2.45 bits per heavy atom. The Bertz CT molecular complexity index is 236. The molecule has 0 aromatic carbocycles. The van der Waals surface area contributed by atoms with Gasteiger partial charge in [0, 0.05) is 11.3 Å². The molecule has 3 heteroatoms. The van der Waals surface area contributed by atoms with E-state index in [1.807, 2.05) is 0 Å². The Kier molecular flexibility index (Phi) is 1.69. The smallest absolute Gasteiger partial charge is 0.124 e. The van der Waals surface area contributed by atoms with Crippen LogP contribution in [0, 0.1) is 0 Å². The molecule has 2 heterocycles. The van der Waals surface area contributed by atoms with E-state index in [0.717, 1.165) is 12.3 Å². The molecule has 1 unspecified atom stereocenters. The van der Waals surface area contributed by atoms with E-state index in [2.05, 4.69) is 24.2 Å². The minimum Gasteiger partial charge on any atom is -0.366 e. The van der Waals surface area contributed by atoms with Crippen molar-refractivity contribution in [1.29, 1.82) is 0 Å². The van der Waals surface area contributed by atoms with Gasteiger partial charge in [-0.05, 0) is 0 Å². The maximum Gasteiger partial charge on any atom is 0.124 e. The molecule has 1 aliphatic heterocycles. The molecular formula is C8H11NOS. The third-order valence-electron chi connectivity index (χ3n) is 1.70. The summed E-state index contributed by atoms with van der Waals surface area (Å²) in [6, 6.07) is 0. The first-order valence-corrected chi connectivity index (χ1v) is 4.72. The first-order chi connectivity index (χ1) is 5.27. The van der Waals surface area contributed by atoms with E-state index in [1.165, 1.54) is 5.01 Å². The summed E-state index contributed by atoms with van der Waals surface area (Å²) >= 11 is 1.73. The SMILES string of the molecule is CC(C)c1nc(C2CO2)cs1. The van der Waals surface area contributed by atoms with Gasteiger partial charge in [-0.25, -0.2) is 4.98 Å². The number of aromatic nitrogens is 1. The lowest BCUT2D eigenvalue weighted by molar-refractivity contribution is 0.412. The fourth-order valence-electron chi connectivity index (χ4n) is 0.933. The second-order valence-electron chi connectivity index (χ2n) is 3.09. The van der Waals surface area contributed by atoms with E-state index >= 15 is 0 Å². The molecule has 0 amide bonds. The zero-order valence-corrected chi connectivity index (χ0v) is 7.52. The molecule has 0 aliphatic carbocycles. The molecule has 0 radical (unpaired) electrons. The highest BCUT2D eigenvalue weighted by Crippen LogP contribution is 2.31. The van der Waals surface area contributed by atoms with Crippen LogP contribution in [-0.4, -0.2) is 11.6 Å². The van der Waals surface area contributed by atoms with Gasteiger partial charge >= 0.3 is 0 Å². The average Bonchev–Trinajstić information content (AvgIpc) is 2.68. The molecule has 0 N–H and O–H groups in total. The first kappa shape index (κ1) is 7.25. The molecule has 60 valence electrons. The van der Waals surface area contributed by atoms with Gasteiger partial charge in [-0.1, -0.05) is 13.8 Å². The number of hydrogen-bond donors (Lipinski definition) is 0. The standard InChI is InChI=1S/C8H11NOS/c1-5(2)8-9-6(4-11-8)7-3-10-7/h4-5,7H,3H2,1-2H3. The lowest BCUT2D eigenvalue weighted by Gasteiger charge is -1.95. The molecule has 1 saturated heterocycles. The van der Waals surface area contributed by atoms with Gasteiger partial charge in [0.25, 0.3) is 0 Å². The van der Waals surface area contributed by atoms with Gasteiger partial charge in [0.1, 0.15) is 6.10 Å². The van der Waals surface area contributed by atoms with Gasteiger partial charge < -0.3 is 4.74 Å². The number of epoxide rings is 1. The van der Waals surface area contributed by atoms with Crippen LogP contribution in [0.3, 0.4) is 0 Å². The fraction of sp³-hybridized carbons (Fsp3) is 0.625. The van der Waals surface area contributed by atoms with Crippen LogP contribution < -0.4 is 0 Å². The number of ether oxygens (including phenoxy) is 1. The van der Waals surface area contributed by atoms with Crippen LogP contribution in [0.1, 0.15) is 36.6 Å². The topological polar surface area (TPSA) is 25.4 Å². The summed E-state index contributed by atoms with van der Waals surface area (Å²) in [6.45, 7) is 5.19. The summed E-state index contributed by atoms with van der Waals surface area (Å²) in [6.07, 6.45) is 0.318. The molecule has 0 saturated carbocycles. The van der Waals surface area contributed by atoms with Crippen molar-refractivity contribution in [2.45, 2.75) is 25.9 Å². The van der Waals surface area contributed by atoms with Crippen molar-refractivity contribution in [3.8, 4) is 0 Å². The first-order valence-electron chi connectivity index (χ1n) is 3.84. The highest BCUT2D eigenvalue weighted by atomic mass is 32.1. The van der Waals surface area contributed by atoms with Crippen LogP contribution in [0.2, 0.25) is 0 Å². The van der Waals surface area contributed by atoms with Gasteiger partial charge in [-0.3, -0.25) is 0 Å². The van der Waals surface area contributed by atoms with Crippen LogP contribution in [0.25, 0.3) is 0 Å². The quantitative estimate of drug-likeness (QED) is 0.635. The molecule has 0 spiro atoms. The van der Waals surface area contributed by atoms with Crippen LogP contribution in [0.15, 0.2) is 5.38 Å². The summed E-state index contributed by atoms with van der Waals surface area (Å²) in [5.41, 5.74) is 1.12. The second-order valence-corrected chi connectivity index (χ2v) is 3.98. The Morgan fingerprint density at radius 1 is 1.73 bits per heavy atom. The molecule has 1 aliphatic rings. The second kappa shape index (κ2) is 2.57. The zero-order valence-electron chi connectivity index (χ0n) is 6.70. The normalized spacial score (nSPS) is 22.6. The number of thiazole rings is 1. The third kappa shape index (κ3) is 1.44. The van der Waals surface area contributed by atoms with Crippen molar-refractivity contribution in [2.24, 2.45) is 0 Å².